The molecular weight excluding hydrogens is 222 g/mol. The molecule has 1 atom stereocenters. The van der Waals surface area contributed by atoms with Crippen molar-refractivity contribution in [1.29, 1.82) is 0 Å². The summed E-state index contributed by atoms with van der Waals surface area (Å²) in [7, 11) is 0. The smallest absolute Gasteiger partial charge is 0.264 e. The summed E-state index contributed by atoms with van der Waals surface area (Å²) >= 11 is 5.81. The third-order valence-electron chi connectivity index (χ3n) is 2.20. The summed E-state index contributed by atoms with van der Waals surface area (Å²) in [6, 6.07) is 4.49. The molecule has 0 N–H and O–H groups in total. The van der Waals surface area contributed by atoms with Crippen molar-refractivity contribution in [1.82, 2.24) is 0 Å². The van der Waals surface area contributed by atoms with Crippen LogP contribution in [0.1, 0.15) is 35.4 Å². The molecule has 82 valence electrons. The molecule has 0 aliphatic heterocycles. The SMILES string of the molecule is CC(=O)C(Cl)c1c(C)cccc1C(F)F. The highest BCUT2D eigenvalue weighted by atomic mass is 35.5. The van der Waals surface area contributed by atoms with Crippen LogP contribution in [0, 0.1) is 6.92 Å². The van der Waals surface area contributed by atoms with Crippen LogP contribution in [0.3, 0.4) is 0 Å². The van der Waals surface area contributed by atoms with Crippen LogP contribution in [0.15, 0.2) is 18.2 Å². The van der Waals surface area contributed by atoms with Crippen LogP contribution in [0.2, 0.25) is 0 Å². The van der Waals surface area contributed by atoms with Crippen molar-refractivity contribution in [2.45, 2.75) is 25.7 Å². The fourth-order valence-electron chi connectivity index (χ4n) is 1.44. The molecule has 0 heterocycles. The van der Waals surface area contributed by atoms with Crippen molar-refractivity contribution < 1.29 is 13.6 Å². The quantitative estimate of drug-likeness (QED) is 0.725. The highest BCUT2D eigenvalue weighted by Gasteiger charge is 2.23. The van der Waals surface area contributed by atoms with Gasteiger partial charge in [0.15, 0.2) is 5.78 Å². The summed E-state index contributed by atoms with van der Waals surface area (Å²) in [6.07, 6.45) is -2.61. The Morgan fingerprint density at radius 2 is 2.00 bits per heavy atom. The molecule has 1 aromatic carbocycles. The van der Waals surface area contributed by atoms with Crippen molar-refractivity contribution in [2.24, 2.45) is 0 Å². The lowest BCUT2D eigenvalue weighted by Gasteiger charge is -2.14. The number of halogens is 3. The predicted octanol–water partition coefficient (Wildman–Crippen LogP) is 3.80. The second-order valence-electron chi connectivity index (χ2n) is 3.35. The summed E-state index contributed by atoms with van der Waals surface area (Å²) in [5.74, 6) is -0.326. The van der Waals surface area contributed by atoms with E-state index in [0.717, 1.165) is 0 Å². The molecular formula is C11H11ClF2O. The van der Waals surface area contributed by atoms with E-state index >= 15 is 0 Å². The summed E-state index contributed by atoms with van der Waals surface area (Å²) in [5, 5.41) is -0.991. The van der Waals surface area contributed by atoms with E-state index in [1.165, 1.54) is 19.1 Å². The molecule has 0 aromatic heterocycles. The first-order chi connectivity index (χ1) is 6.95. The second-order valence-corrected chi connectivity index (χ2v) is 3.79. The van der Waals surface area contributed by atoms with Crippen molar-refractivity contribution >= 4 is 17.4 Å². The lowest BCUT2D eigenvalue weighted by molar-refractivity contribution is -0.116. The number of carbonyl (C=O) groups is 1. The Balaban J connectivity index is 3.30. The Labute approximate surface area is 92.1 Å². The van der Waals surface area contributed by atoms with Gasteiger partial charge in [-0.2, -0.15) is 0 Å². The fourth-order valence-corrected chi connectivity index (χ4v) is 1.74. The molecule has 1 unspecified atom stereocenters. The molecule has 0 saturated heterocycles. The number of aryl methyl sites for hydroxylation is 1. The van der Waals surface area contributed by atoms with Crippen LogP contribution >= 0.6 is 11.6 Å². The number of alkyl halides is 3. The zero-order chi connectivity index (χ0) is 11.6. The Morgan fingerprint density at radius 3 is 2.47 bits per heavy atom. The first kappa shape index (κ1) is 12.1. The second kappa shape index (κ2) is 4.71. The van der Waals surface area contributed by atoms with Gasteiger partial charge in [-0.05, 0) is 25.0 Å². The van der Waals surface area contributed by atoms with Gasteiger partial charge >= 0.3 is 0 Å². The molecule has 0 aliphatic carbocycles. The van der Waals surface area contributed by atoms with Crippen LogP contribution in [-0.2, 0) is 4.79 Å². The standard InChI is InChI=1S/C11H11ClF2O/c1-6-4-3-5-8(11(13)14)9(6)10(12)7(2)15/h3-5,10-11H,1-2H3. The average molecular weight is 233 g/mol. The Morgan fingerprint density at radius 1 is 1.40 bits per heavy atom. The molecule has 1 nitrogen and oxygen atoms in total. The minimum atomic E-state index is -2.61. The molecule has 4 heteroatoms. The first-order valence-electron chi connectivity index (χ1n) is 4.47. The van der Waals surface area contributed by atoms with Gasteiger partial charge < -0.3 is 0 Å². The van der Waals surface area contributed by atoms with Gasteiger partial charge in [0.2, 0.25) is 0 Å². The number of carbonyl (C=O) groups excluding carboxylic acids is 1. The molecule has 0 amide bonds. The van der Waals surface area contributed by atoms with Gasteiger partial charge in [-0.25, -0.2) is 8.78 Å². The normalized spacial score (nSPS) is 12.9. The zero-order valence-electron chi connectivity index (χ0n) is 8.43. The van der Waals surface area contributed by atoms with E-state index in [4.69, 9.17) is 11.6 Å². The van der Waals surface area contributed by atoms with Gasteiger partial charge in [-0.1, -0.05) is 18.2 Å². The van der Waals surface area contributed by atoms with Crippen LogP contribution in [-0.4, -0.2) is 5.78 Å². The third-order valence-corrected chi connectivity index (χ3v) is 2.73. The molecule has 0 fully saturated rings. The van der Waals surface area contributed by atoms with E-state index in [1.54, 1.807) is 13.0 Å². The fraction of sp³-hybridized carbons (Fsp3) is 0.364. The number of rotatable bonds is 3. The van der Waals surface area contributed by atoms with E-state index in [0.29, 0.717) is 5.56 Å². The molecule has 0 radical (unpaired) electrons. The summed E-state index contributed by atoms with van der Waals surface area (Å²) in [6.45, 7) is 2.96. The maximum absolute atomic E-state index is 12.7. The monoisotopic (exact) mass is 232 g/mol. The van der Waals surface area contributed by atoms with Crippen LogP contribution in [0.25, 0.3) is 0 Å². The maximum Gasteiger partial charge on any atom is 0.264 e. The molecule has 15 heavy (non-hydrogen) atoms. The van der Waals surface area contributed by atoms with Gasteiger partial charge in [0, 0.05) is 5.56 Å². The van der Waals surface area contributed by atoms with Crippen LogP contribution in [0.5, 0.6) is 0 Å². The number of hydrogen-bond acceptors (Lipinski definition) is 1. The average Bonchev–Trinajstić information content (AvgIpc) is 2.16. The van der Waals surface area contributed by atoms with E-state index in [2.05, 4.69) is 0 Å². The minimum absolute atomic E-state index is 0.162. The third kappa shape index (κ3) is 2.53. The molecule has 0 saturated carbocycles. The van der Waals surface area contributed by atoms with Crippen molar-refractivity contribution in [3.63, 3.8) is 0 Å². The highest BCUT2D eigenvalue weighted by molar-refractivity contribution is 6.31. The Bertz CT molecular complexity index is 377. The van der Waals surface area contributed by atoms with Crippen LogP contribution in [0.4, 0.5) is 8.78 Å². The van der Waals surface area contributed by atoms with Crippen molar-refractivity contribution in [2.75, 3.05) is 0 Å². The van der Waals surface area contributed by atoms with Gasteiger partial charge in [0.05, 0.1) is 0 Å². The Kier molecular flexibility index (Phi) is 3.80. The summed E-state index contributed by atoms with van der Waals surface area (Å²) in [4.78, 5) is 11.1. The topological polar surface area (TPSA) is 17.1 Å². The van der Waals surface area contributed by atoms with E-state index < -0.39 is 11.8 Å². The lowest BCUT2D eigenvalue weighted by Crippen LogP contribution is -2.07. The van der Waals surface area contributed by atoms with E-state index in [-0.39, 0.29) is 16.9 Å². The van der Waals surface area contributed by atoms with Crippen LogP contribution < -0.4 is 0 Å². The van der Waals surface area contributed by atoms with E-state index in [9.17, 15) is 13.6 Å². The number of hydrogen-bond donors (Lipinski definition) is 0. The van der Waals surface area contributed by atoms with Gasteiger partial charge in [-0.15, -0.1) is 11.6 Å². The summed E-state index contributed by atoms with van der Waals surface area (Å²) < 4.78 is 25.3. The highest BCUT2D eigenvalue weighted by Crippen LogP contribution is 2.33. The maximum atomic E-state index is 12.7. The molecule has 0 aliphatic rings. The van der Waals surface area contributed by atoms with Gasteiger partial charge in [0.1, 0.15) is 5.38 Å². The van der Waals surface area contributed by atoms with Crippen molar-refractivity contribution in [3.8, 4) is 0 Å². The van der Waals surface area contributed by atoms with Gasteiger partial charge in [0.25, 0.3) is 6.43 Å². The zero-order valence-corrected chi connectivity index (χ0v) is 9.18. The molecule has 0 bridgehead atoms. The lowest BCUT2D eigenvalue weighted by atomic mass is 9.97. The molecule has 0 spiro atoms. The minimum Gasteiger partial charge on any atom is -0.298 e. The predicted molar refractivity (Wildman–Crippen MR) is 55.4 cm³/mol. The molecule has 1 aromatic rings. The first-order valence-corrected chi connectivity index (χ1v) is 4.91. The van der Waals surface area contributed by atoms with Crippen molar-refractivity contribution in [3.05, 3.63) is 34.9 Å². The largest absolute Gasteiger partial charge is 0.298 e. The Hall–Kier alpha value is -0.960. The van der Waals surface area contributed by atoms with E-state index in [1.807, 2.05) is 0 Å². The molecule has 1 rings (SSSR count). The summed E-state index contributed by atoms with van der Waals surface area (Å²) in [5.41, 5.74) is 0.690. The van der Waals surface area contributed by atoms with Gasteiger partial charge in [-0.3, -0.25) is 4.79 Å². The number of Topliss-reactive ketones (excluding diaryl/α,β-unsaturated/α-hetero) is 1. The number of benzene rings is 1. The number of ketones is 1.